The van der Waals surface area contributed by atoms with E-state index >= 15 is 4.39 Å². The van der Waals surface area contributed by atoms with Gasteiger partial charge in [0.05, 0.1) is 17.8 Å². The summed E-state index contributed by atoms with van der Waals surface area (Å²) in [4.78, 5) is 20.8. The molecule has 2 aliphatic rings. The lowest BCUT2D eigenvalue weighted by Crippen LogP contribution is -2.69. The van der Waals surface area contributed by atoms with E-state index in [0.717, 1.165) is 25.9 Å². The number of likely N-dealkylation sites (tertiary alicyclic amines) is 1. The average Bonchev–Trinajstić information content (AvgIpc) is 3.37. The minimum Gasteiger partial charge on any atom is -0.415 e. The molecule has 5 rings (SSSR count). The average molecular weight is 504 g/mol. The third-order valence-electron chi connectivity index (χ3n) is 6.50. The van der Waals surface area contributed by atoms with Crippen molar-refractivity contribution in [2.75, 3.05) is 31.1 Å². The van der Waals surface area contributed by atoms with Crippen LogP contribution in [0.4, 0.5) is 23.2 Å². The monoisotopic (exact) mass is 504 g/mol. The second kappa shape index (κ2) is 9.94. The highest BCUT2D eigenvalue weighted by Crippen LogP contribution is 2.34. The summed E-state index contributed by atoms with van der Waals surface area (Å²) in [6.45, 7) is 1.57. The summed E-state index contributed by atoms with van der Waals surface area (Å²) in [6.07, 6.45) is 0.231. The van der Waals surface area contributed by atoms with Crippen molar-refractivity contribution in [2.45, 2.75) is 37.5 Å². The molecule has 12 heteroatoms. The molecule has 190 valence electrons. The number of amides is 1. The largest absolute Gasteiger partial charge is 0.415 e. The van der Waals surface area contributed by atoms with Crippen molar-refractivity contribution in [1.29, 1.82) is 0 Å². The lowest BCUT2D eigenvalue weighted by atomic mass is 9.89. The van der Waals surface area contributed by atoms with Gasteiger partial charge in [-0.05, 0) is 56.3 Å². The number of piperidine rings is 1. The van der Waals surface area contributed by atoms with Crippen molar-refractivity contribution in [3.8, 4) is 11.5 Å². The Balaban J connectivity index is 1.34. The van der Waals surface area contributed by atoms with Gasteiger partial charge in [0.2, 0.25) is 11.6 Å². The zero-order chi connectivity index (χ0) is 25.3. The van der Waals surface area contributed by atoms with Gasteiger partial charge in [0, 0.05) is 31.0 Å². The van der Waals surface area contributed by atoms with Crippen LogP contribution in [0.3, 0.4) is 0 Å². The fraction of sp³-hybridized carbons (Fsp3) is 0.417. The van der Waals surface area contributed by atoms with Gasteiger partial charge in [0.1, 0.15) is 5.82 Å². The van der Waals surface area contributed by atoms with Crippen LogP contribution in [0.2, 0.25) is 0 Å². The summed E-state index contributed by atoms with van der Waals surface area (Å²) in [5, 5.41) is 10.1. The Morgan fingerprint density at radius 1 is 1.19 bits per heavy atom. The van der Waals surface area contributed by atoms with Crippen molar-refractivity contribution in [3.63, 3.8) is 0 Å². The minimum absolute atomic E-state index is 0.0156. The molecular formula is C24H24F4N6O2. The molecule has 0 bridgehead atoms. The van der Waals surface area contributed by atoms with E-state index in [1.54, 1.807) is 0 Å². The second-order valence-electron chi connectivity index (χ2n) is 9.01. The van der Waals surface area contributed by atoms with Crippen LogP contribution in [0.25, 0.3) is 11.5 Å². The molecule has 1 amide bonds. The predicted molar refractivity (Wildman–Crippen MR) is 121 cm³/mol. The van der Waals surface area contributed by atoms with Crippen LogP contribution in [-0.4, -0.2) is 63.9 Å². The Morgan fingerprint density at radius 3 is 2.61 bits per heavy atom. The van der Waals surface area contributed by atoms with Crippen LogP contribution in [-0.2, 0) is 11.3 Å². The number of rotatable bonds is 7. The number of hydrogen-bond acceptors (Lipinski definition) is 7. The first-order chi connectivity index (χ1) is 17.3. The number of anilines is 1. The van der Waals surface area contributed by atoms with Gasteiger partial charge >= 0.3 is 6.43 Å². The van der Waals surface area contributed by atoms with Crippen molar-refractivity contribution in [2.24, 2.45) is 0 Å². The Labute approximate surface area is 204 Å². The summed E-state index contributed by atoms with van der Waals surface area (Å²) in [7, 11) is 0. The Bertz CT molecular complexity index is 1210. The van der Waals surface area contributed by atoms with E-state index in [0.29, 0.717) is 11.3 Å². The molecule has 8 nitrogen and oxygen atoms in total. The van der Waals surface area contributed by atoms with Crippen LogP contribution in [0, 0.1) is 5.82 Å². The highest BCUT2D eigenvalue weighted by molar-refractivity contribution is 6.00. The molecule has 0 spiro atoms. The van der Waals surface area contributed by atoms with E-state index in [2.05, 4.69) is 20.5 Å². The molecule has 0 atom stereocenters. The lowest BCUT2D eigenvalue weighted by molar-refractivity contribution is -0.145. The number of nitrogens with one attached hydrogen (secondary N) is 1. The molecule has 0 saturated carbocycles. The number of aromatic nitrogens is 3. The number of nitrogens with zero attached hydrogens (tertiary/aromatic N) is 5. The number of carbonyl (C=O) groups excluding carboxylic acids is 1. The fourth-order valence-corrected chi connectivity index (χ4v) is 4.57. The van der Waals surface area contributed by atoms with Crippen LogP contribution >= 0.6 is 0 Å². The van der Waals surface area contributed by atoms with Crippen LogP contribution in [0.5, 0.6) is 0 Å². The summed E-state index contributed by atoms with van der Waals surface area (Å²) < 4.78 is 60.1. The quantitative estimate of drug-likeness (QED) is 0.493. The van der Waals surface area contributed by atoms with Crippen LogP contribution in [0.15, 0.2) is 47.0 Å². The highest BCUT2D eigenvalue weighted by Gasteiger charge is 2.53. The standard InChI is InChI=1S/C24H24F4N6O2/c25-16-2-1-3-19(10-16)34(23(35)24(28)13-33(14-24)18-6-8-29-9-7-18)12-17-5-4-15(11-30-17)21-31-32-22(36-21)20(26)27/h1-5,10-11,18,20,29H,6-9,12-14H2. The summed E-state index contributed by atoms with van der Waals surface area (Å²) >= 11 is 0. The maximum absolute atomic E-state index is 15.7. The highest BCUT2D eigenvalue weighted by atomic mass is 19.3. The molecule has 3 aromatic rings. The molecule has 1 N–H and O–H groups in total. The number of benzene rings is 1. The van der Waals surface area contributed by atoms with E-state index in [1.165, 1.54) is 47.5 Å². The van der Waals surface area contributed by atoms with Gasteiger partial charge in [0.15, 0.2) is 0 Å². The van der Waals surface area contributed by atoms with Crippen molar-refractivity contribution in [3.05, 3.63) is 60.0 Å². The van der Waals surface area contributed by atoms with Crippen molar-refractivity contribution >= 4 is 11.6 Å². The fourth-order valence-electron chi connectivity index (χ4n) is 4.57. The third-order valence-corrected chi connectivity index (χ3v) is 6.50. The smallest absolute Gasteiger partial charge is 0.314 e. The maximum atomic E-state index is 15.7. The first-order valence-corrected chi connectivity index (χ1v) is 11.6. The first-order valence-electron chi connectivity index (χ1n) is 11.6. The molecule has 2 aliphatic heterocycles. The van der Waals surface area contributed by atoms with Gasteiger partial charge in [0.25, 0.3) is 11.8 Å². The number of alkyl halides is 3. The summed E-state index contributed by atoms with van der Waals surface area (Å²) in [5.74, 6) is -2.25. The third kappa shape index (κ3) is 4.96. The molecule has 0 aliphatic carbocycles. The number of hydrogen-bond donors (Lipinski definition) is 1. The molecule has 1 aromatic carbocycles. The van der Waals surface area contributed by atoms with Crippen molar-refractivity contribution < 1.29 is 26.8 Å². The van der Waals surface area contributed by atoms with E-state index in [4.69, 9.17) is 4.42 Å². The molecule has 2 aromatic heterocycles. The zero-order valence-corrected chi connectivity index (χ0v) is 19.2. The minimum atomic E-state index is -2.89. The second-order valence-corrected chi connectivity index (χ2v) is 9.01. The first kappa shape index (κ1) is 24.3. The van der Waals surface area contributed by atoms with E-state index in [-0.39, 0.29) is 37.3 Å². The number of halogens is 4. The SMILES string of the molecule is O=C(N(Cc1ccc(-c2nnc(C(F)F)o2)cn1)c1cccc(F)c1)C1(F)CN(C2CCNCC2)C1. The van der Waals surface area contributed by atoms with Crippen molar-refractivity contribution in [1.82, 2.24) is 25.4 Å². The van der Waals surface area contributed by atoms with Gasteiger partial charge < -0.3 is 14.6 Å². The summed E-state index contributed by atoms with van der Waals surface area (Å²) in [5.41, 5.74) is -1.20. The molecule has 2 fully saturated rings. The molecule has 0 radical (unpaired) electrons. The summed E-state index contributed by atoms with van der Waals surface area (Å²) in [6, 6.07) is 8.68. The molecular weight excluding hydrogens is 480 g/mol. The van der Waals surface area contributed by atoms with E-state index < -0.39 is 29.7 Å². The van der Waals surface area contributed by atoms with E-state index in [1.807, 2.05) is 4.90 Å². The topological polar surface area (TPSA) is 87.4 Å². The van der Waals surface area contributed by atoms with Gasteiger partial charge in [-0.15, -0.1) is 10.2 Å². The Kier molecular flexibility index (Phi) is 6.71. The number of pyridine rings is 1. The van der Waals surface area contributed by atoms with Gasteiger partial charge in [-0.3, -0.25) is 14.7 Å². The van der Waals surface area contributed by atoms with Gasteiger partial charge in [-0.1, -0.05) is 6.07 Å². The predicted octanol–water partition coefficient (Wildman–Crippen LogP) is 3.52. The Hall–Kier alpha value is -3.38. The van der Waals surface area contributed by atoms with Crippen LogP contribution in [0.1, 0.15) is 30.9 Å². The lowest BCUT2D eigenvalue weighted by Gasteiger charge is -2.49. The van der Waals surface area contributed by atoms with E-state index in [9.17, 15) is 18.0 Å². The van der Waals surface area contributed by atoms with Gasteiger partial charge in [-0.25, -0.2) is 8.78 Å². The zero-order valence-electron chi connectivity index (χ0n) is 19.2. The van der Waals surface area contributed by atoms with Gasteiger partial charge in [-0.2, -0.15) is 8.78 Å². The normalized spacial score (nSPS) is 18.2. The molecule has 4 heterocycles. The Morgan fingerprint density at radius 2 is 1.97 bits per heavy atom. The number of carbonyl (C=O) groups is 1. The maximum Gasteiger partial charge on any atom is 0.314 e. The molecule has 0 unspecified atom stereocenters. The van der Waals surface area contributed by atoms with Crippen LogP contribution < -0.4 is 10.2 Å². The molecule has 36 heavy (non-hydrogen) atoms. The molecule has 2 saturated heterocycles.